The number of thioether (sulfide) groups is 1. The summed E-state index contributed by atoms with van der Waals surface area (Å²) in [4.78, 5) is 14.4. The van der Waals surface area contributed by atoms with Gasteiger partial charge in [0, 0.05) is 18.0 Å². The Morgan fingerprint density at radius 2 is 2.00 bits per heavy atom. The molecular formula is C15H23NO2S. The lowest BCUT2D eigenvalue weighted by atomic mass is 10.0. The summed E-state index contributed by atoms with van der Waals surface area (Å²) in [6.45, 7) is 6.50. The predicted octanol–water partition coefficient (Wildman–Crippen LogP) is 3.98. The summed E-state index contributed by atoms with van der Waals surface area (Å²) in [5, 5.41) is 9.45. The van der Waals surface area contributed by atoms with Gasteiger partial charge in [-0.1, -0.05) is 19.9 Å². The molecule has 1 aromatic carbocycles. The van der Waals surface area contributed by atoms with Crippen molar-refractivity contribution in [3.8, 4) is 0 Å². The smallest absolute Gasteiger partial charge is 0.338 e. The highest BCUT2D eigenvalue weighted by Crippen LogP contribution is 2.31. The number of nitrogens with zero attached hydrogens (tertiary/aromatic N) is 1. The molecule has 0 fully saturated rings. The van der Waals surface area contributed by atoms with Gasteiger partial charge in [-0.15, -0.1) is 11.8 Å². The summed E-state index contributed by atoms with van der Waals surface area (Å²) >= 11 is 1.47. The van der Waals surface area contributed by atoms with Crippen molar-refractivity contribution in [2.75, 3.05) is 18.2 Å². The fourth-order valence-electron chi connectivity index (χ4n) is 2.28. The van der Waals surface area contributed by atoms with E-state index in [0.717, 1.165) is 17.0 Å². The summed E-state index contributed by atoms with van der Waals surface area (Å²) in [5.41, 5.74) is 1.21. The lowest BCUT2D eigenvalue weighted by molar-refractivity contribution is 0.0694. The van der Waals surface area contributed by atoms with Gasteiger partial charge in [0.1, 0.15) is 0 Å². The summed E-state index contributed by atoms with van der Waals surface area (Å²) < 4.78 is 0. The zero-order chi connectivity index (χ0) is 14.6. The molecule has 0 saturated heterocycles. The number of hydrogen-bond donors (Lipinski definition) is 1. The van der Waals surface area contributed by atoms with Crippen LogP contribution < -0.4 is 4.90 Å². The van der Waals surface area contributed by atoms with Crippen molar-refractivity contribution < 1.29 is 9.90 Å². The van der Waals surface area contributed by atoms with Crippen LogP contribution in [0.25, 0.3) is 0 Å². The van der Waals surface area contributed by atoms with Crippen molar-refractivity contribution in [2.24, 2.45) is 5.92 Å². The molecule has 1 N–H and O–H groups in total. The van der Waals surface area contributed by atoms with Crippen LogP contribution in [0.15, 0.2) is 23.1 Å². The molecule has 0 heterocycles. The number of carboxylic acid groups (broad SMARTS) is 1. The van der Waals surface area contributed by atoms with Gasteiger partial charge in [-0.25, -0.2) is 4.79 Å². The van der Waals surface area contributed by atoms with Crippen molar-refractivity contribution >= 4 is 23.4 Å². The lowest BCUT2D eigenvalue weighted by Crippen LogP contribution is -2.31. The summed E-state index contributed by atoms with van der Waals surface area (Å²) in [5.74, 6) is -0.266. The minimum absolute atomic E-state index is 0.315. The molecule has 0 spiro atoms. The molecule has 1 atom stereocenters. The van der Waals surface area contributed by atoms with Crippen molar-refractivity contribution in [1.29, 1.82) is 0 Å². The molecule has 1 aromatic rings. The van der Waals surface area contributed by atoms with Crippen molar-refractivity contribution in [3.63, 3.8) is 0 Å². The highest BCUT2D eigenvalue weighted by atomic mass is 32.2. The van der Waals surface area contributed by atoms with E-state index < -0.39 is 5.97 Å². The molecule has 0 aromatic heterocycles. The van der Waals surface area contributed by atoms with Gasteiger partial charge in [-0.05, 0) is 37.7 Å². The fraction of sp³-hybridized carbons (Fsp3) is 0.533. The molecular weight excluding hydrogens is 258 g/mol. The number of hydrogen-bond acceptors (Lipinski definition) is 3. The maximum Gasteiger partial charge on any atom is 0.338 e. The first-order chi connectivity index (χ1) is 8.88. The summed E-state index contributed by atoms with van der Waals surface area (Å²) in [6.07, 6.45) is 2.95. The van der Waals surface area contributed by atoms with Crippen LogP contribution in [0.2, 0.25) is 0 Å². The Hall–Kier alpha value is -1.16. The van der Waals surface area contributed by atoms with Crippen molar-refractivity contribution in [3.05, 3.63) is 23.8 Å². The molecule has 3 nitrogen and oxygen atoms in total. The second kappa shape index (κ2) is 6.85. The van der Waals surface area contributed by atoms with Gasteiger partial charge in [0.2, 0.25) is 0 Å². The van der Waals surface area contributed by atoms with E-state index in [-0.39, 0.29) is 0 Å². The van der Waals surface area contributed by atoms with Crippen LogP contribution in [-0.4, -0.2) is 30.4 Å². The third-order valence-corrected chi connectivity index (χ3v) is 4.07. The number of anilines is 1. The Morgan fingerprint density at radius 1 is 1.37 bits per heavy atom. The van der Waals surface area contributed by atoms with E-state index >= 15 is 0 Å². The van der Waals surface area contributed by atoms with E-state index in [1.165, 1.54) is 11.8 Å². The molecule has 0 aliphatic rings. The van der Waals surface area contributed by atoms with Crippen LogP contribution >= 0.6 is 11.8 Å². The van der Waals surface area contributed by atoms with Gasteiger partial charge >= 0.3 is 5.97 Å². The van der Waals surface area contributed by atoms with Crippen LogP contribution in [0.1, 0.15) is 37.6 Å². The molecule has 0 bridgehead atoms. The van der Waals surface area contributed by atoms with Crippen LogP contribution in [0.3, 0.4) is 0 Å². The zero-order valence-corrected chi connectivity index (χ0v) is 13.1. The highest BCUT2D eigenvalue weighted by Gasteiger charge is 2.20. The second-order valence-electron chi connectivity index (χ2n) is 5.25. The number of benzene rings is 1. The Morgan fingerprint density at radius 3 is 2.47 bits per heavy atom. The van der Waals surface area contributed by atoms with Crippen LogP contribution in [-0.2, 0) is 0 Å². The first-order valence-corrected chi connectivity index (χ1v) is 7.74. The third-order valence-electron chi connectivity index (χ3n) is 3.29. The first kappa shape index (κ1) is 15.9. The van der Waals surface area contributed by atoms with Gasteiger partial charge in [0.15, 0.2) is 0 Å². The fourth-order valence-corrected chi connectivity index (χ4v) is 2.89. The van der Waals surface area contributed by atoms with E-state index in [1.54, 1.807) is 0 Å². The maximum absolute atomic E-state index is 11.5. The molecule has 1 rings (SSSR count). The topological polar surface area (TPSA) is 40.5 Å². The largest absolute Gasteiger partial charge is 0.478 e. The first-order valence-electron chi connectivity index (χ1n) is 6.51. The van der Waals surface area contributed by atoms with E-state index in [2.05, 4.69) is 25.7 Å². The number of carbonyl (C=O) groups is 1. The van der Waals surface area contributed by atoms with Gasteiger partial charge in [-0.2, -0.15) is 0 Å². The Balaban J connectivity index is 3.15. The van der Waals surface area contributed by atoms with E-state index in [0.29, 0.717) is 17.5 Å². The summed E-state index contributed by atoms with van der Waals surface area (Å²) in [6, 6.07) is 5.99. The second-order valence-corrected chi connectivity index (χ2v) is 6.10. The third kappa shape index (κ3) is 3.90. The van der Waals surface area contributed by atoms with Gasteiger partial charge in [0.25, 0.3) is 0 Å². The molecule has 19 heavy (non-hydrogen) atoms. The highest BCUT2D eigenvalue weighted by molar-refractivity contribution is 7.98. The van der Waals surface area contributed by atoms with Crippen molar-refractivity contribution in [1.82, 2.24) is 0 Å². The zero-order valence-electron chi connectivity index (χ0n) is 12.3. The Kier molecular flexibility index (Phi) is 5.73. The van der Waals surface area contributed by atoms with E-state index in [4.69, 9.17) is 0 Å². The van der Waals surface area contributed by atoms with Gasteiger partial charge in [-0.3, -0.25) is 0 Å². The minimum atomic E-state index is -0.858. The average Bonchev–Trinajstić information content (AvgIpc) is 2.35. The number of carboxylic acids is 1. The van der Waals surface area contributed by atoms with E-state index in [1.807, 2.05) is 31.5 Å². The molecule has 106 valence electrons. The molecule has 0 aliphatic carbocycles. The van der Waals surface area contributed by atoms with Crippen molar-refractivity contribution in [2.45, 2.75) is 38.1 Å². The SMILES string of the molecule is CSc1cccc(N(C)C(C)CC(C)C)c1C(=O)O. The summed E-state index contributed by atoms with van der Waals surface area (Å²) in [7, 11) is 1.97. The average molecular weight is 281 g/mol. The van der Waals surface area contributed by atoms with Crippen LogP contribution in [0, 0.1) is 5.92 Å². The molecule has 0 saturated carbocycles. The van der Waals surface area contributed by atoms with Gasteiger partial charge < -0.3 is 10.0 Å². The lowest BCUT2D eigenvalue weighted by Gasteiger charge is -2.30. The van der Waals surface area contributed by atoms with Gasteiger partial charge in [0.05, 0.1) is 11.3 Å². The maximum atomic E-state index is 11.5. The molecule has 4 heteroatoms. The molecule has 0 amide bonds. The minimum Gasteiger partial charge on any atom is -0.478 e. The Labute approximate surface area is 120 Å². The molecule has 0 aliphatic heterocycles. The number of rotatable bonds is 6. The number of aromatic carboxylic acids is 1. The predicted molar refractivity (Wildman–Crippen MR) is 82.5 cm³/mol. The van der Waals surface area contributed by atoms with E-state index in [9.17, 15) is 9.90 Å². The monoisotopic (exact) mass is 281 g/mol. The normalized spacial score (nSPS) is 12.5. The van der Waals surface area contributed by atoms with Crippen LogP contribution in [0.5, 0.6) is 0 Å². The molecule has 0 radical (unpaired) electrons. The Bertz CT molecular complexity index is 446. The van der Waals surface area contributed by atoms with Crippen LogP contribution in [0.4, 0.5) is 5.69 Å². The molecule has 1 unspecified atom stereocenters. The quantitative estimate of drug-likeness (QED) is 0.801. The standard InChI is InChI=1S/C15H23NO2S/c1-10(2)9-11(3)16(4)12-7-6-8-13(19-5)14(12)15(17)18/h6-8,10-11H,9H2,1-5H3,(H,17,18).